The molecule has 1 aromatic heterocycles. The van der Waals surface area contributed by atoms with Crippen LogP contribution in [0.4, 0.5) is 16.2 Å². The van der Waals surface area contributed by atoms with E-state index in [4.69, 9.17) is 4.42 Å². The van der Waals surface area contributed by atoms with Gasteiger partial charge in [0.15, 0.2) is 0 Å². The summed E-state index contributed by atoms with van der Waals surface area (Å²) in [5, 5.41) is 5.78. The first-order valence-electron chi connectivity index (χ1n) is 10.2. The molecule has 4 rings (SSSR count). The third-order valence-electron chi connectivity index (χ3n) is 5.22. The zero-order valence-corrected chi connectivity index (χ0v) is 17.0. The molecule has 2 aromatic carbocycles. The number of amides is 3. The second-order valence-corrected chi connectivity index (χ2v) is 7.44. The highest BCUT2D eigenvalue weighted by Crippen LogP contribution is 2.26. The molecule has 154 valence electrons. The lowest BCUT2D eigenvalue weighted by Crippen LogP contribution is -2.35. The Morgan fingerprint density at radius 2 is 1.80 bits per heavy atom. The SMILES string of the molecule is Cc1ccc(CNC(=O)c2ccc(NC(=O)N3CCCCc4ccccc43)cc2)o1. The van der Waals surface area contributed by atoms with Crippen molar-refractivity contribution in [1.29, 1.82) is 0 Å². The van der Waals surface area contributed by atoms with Crippen molar-refractivity contribution in [1.82, 2.24) is 5.32 Å². The topological polar surface area (TPSA) is 74.6 Å². The van der Waals surface area contributed by atoms with Gasteiger partial charge in [-0.2, -0.15) is 0 Å². The van der Waals surface area contributed by atoms with E-state index in [9.17, 15) is 9.59 Å². The third kappa shape index (κ3) is 4.54. The van der Waals surface area contributed by atoms with Crippen LogP contribution >= 0.6 is 0 Å². The van der Waals surface area contributed by atoms with E-state index in [1.165, 1.54) is 5.56 Å². The molecule has 3 amide bonds. The summed E-state index contributed by atoms with van der Waals surface area (Å²) in [6, 6.07) is 18.5. The van der Waals surface area contributed by atoms with Gasteiger partial charge in [-0.3, -0.25) is 9.69 Å². The summed E-state index contributed by atoms with van der Waals surface area (Å²) in [7, 11) is 0. The fourth-order valence-electron chi connectivity index (χ4n) is 3.65. The molecule has 2 N–H and O–H groups in total. The van der Waals surface area contributed by atoms with Crippen LogP contribution < -0.4 is 15.5 Å². The second kappa shape index (κ2) is 8.86. The number of aryl methyl sites for hydroxylation is 2. The lowest BCUT2D eigenvalue weighted by molar-refractivity contribution is 0.0948. The summed E-state index contributed by atoms with van der Waals surface area (Å²) in [5.41, 5.74) is 3.34. The van der Waals surface area contributed by atoms with Crippen molar-refractivity contribution < 1.29 is 14.0 Å². The van der Waals surface area contributed by atoms with Gasteiger partial charge in [-0.25, -0.2) is 4.79 Å². The first kappa shape index (κ1) is 19.8. The smallest absolute Gasteiger partial charge is 0.326 e. The van der Waals surface area contributed by atoms with Crippen LogP contribution in [0.25, 0.3) is 0 Å². The predicted octanol–water partition coefficient (Wildman–Crippen LogP) is 4.89. The quantitative estimate of drug-likeness (QED) is 0.651. The van der Waals surface area contributed by atoms with E-state index in [0.717, 1.165) is 30.7 Å². The molecule has 0 spiro atoms. The number of nitrogens with one attached hydrogen (secondary N) is 2. The Kier molecular flexibility index (Phi) is 5.84. The Hall–Kier alpha value is -3.54. The van der Waals surface area contributed by atoms with E-state index < -0.39 is 0 Å². The molecule has 3 aromatic rings. The van der Waals surface area contributed by atoms with Gasteiger partial charge in [0, 0.05) is 23.5 Å². The van der Waals surface area contributed by atoms with Gasteiger partial charge in [0.05, 0.1) is 6.54 Å². The van der Waals surface area contributed by atoms with Gasteiger partial charge in [0.1, 0.15) is 11.5 Å². The Morgan fingerprint density at radius 3 is 2.57 bits per heavy atom. The summed E-state index contributed by atoms with van der Waals surface area (Å²) in [6.45, 7) is 2.89. The van der Waals surface area contributed by atoms with E-state index in [-0.39, 0.29) is 11.9 Å². The number of hydrogen-bond donors (Lipinski definition) is 2. The van der Waals surface area contributed by atoms with Gasteiger partial charge >= 0.3 is 6.03 Å². The maximum Gasteiger partial charge on any atom is 0.326 e. The van der Waals surface area contributed by atoms with Crippen LogP contribution in [-0.2, 0) is 13.0 Å². The van der Waals surface area contributed by atoms with E-state index in [1.54, 1.807) is 29.2 Å². The maximum absolute atomic E-state index is 12.9. The van der Waals surface area contributed by atoms with Crippen molar-refractivity contribution in [3.8, 4) is 0 Å². The number of fused-ring (bicyclic) bond motifs is 1. The first-order chi connectivity index (χ1) is 14.6. The normalized spacial score (nSPS) is 13.3. The largest absolute Gasteiger partial charge is 0.465 e. The predicted molar refractivity (Wildman–Crippen MR) is 117 cm³/mol. The minimum Gasteiger partial charge on any atom is -0.465 e. The first-order valence-corrected chi connectivity index (χ1v) is 10.2. The molecule has 0 atom stereocenters. The molecular formula is C24H25N3O3. The molecule has 6 nitrogen and oxygen atoms in total. The Morgan fingerprint density at radius 1 is 1.00 bits per heavy atom. The van der Waals surface area contributed by atoms with Gasteiger partial charge in [-0.05, 0) is 74.2 Å². The maximum atomic E-state index is 12.9. The van der Waals surface area contributed by atoms with Gasteiger partial charge < -0.3 is 15.1 Å². The van der Waals surface area contributed by atoms with Crippen LogP contribution in [0.5, 0.6) is 0 Å². The highest BCUT2D eigenvalue weighted by molar-refractivity contribution is 6.02. The lowest BCUT2D eigenvalue weighted by atomic mass is 10.1. The summed E-state index contributed by atoms with van der Waals surface area (Å²) in [6.07, 6.45) is 3.03. The number of carbonyl (C=O) groups excluding carboxylic acids is 2. The van der Waals surface area contributed by atoms with E-state index in [1.807, 2.05) is 37.3 Å². The van der Waals surface area contributed by atoms with Crippen LogP contribution in [0.2, 0.25) is 0 Å². The van der Waals surface area contributed by atoms with Gasteiger partial charge in [-0.15, -0.1) is 0 Å². The number of hydrogen-bond acceptors (Lipinski definition) is 3. The molecule has 0 unspecified atom stereocenters. The summed E-state index contributed by atoms with van der Waals surface area (Å²) >= 11 is 0. The summed E-state index contributed by atoms with van der Waals surface area (Å²) in [4.78, 5) is 27.0. The van der Waals surface area contributed by atoms with Crippen molar-refractivity contribution >= 4 is 23.3 Å². The van der Waals surface area contributed by atoms with Crippen molar-refractivity contribution in [2.75, 3.05) is 16.8 Å². The lowest BCUT2D eigenvalue weighted by Gasteiger charge is -2.23. The van der Waals surface area contributed by atoms with Crippen LogP contribution in [-0.4, -0.2) is 18.5 Å². The molecule has 0 aliphatic carbocycles. The summed E-state index contributed by atoms with van der Waals surface area (Å²) < 4.78 is 5.46. The van der Waals surface area contributed by atoms with Crippen molar-refractivity contribution in [2.24, 2.45) is 0 Å². The molecule has 2 heterocycles. The number of carbonyl (C=O) groups is 2. The number of rotatable bonds is 4. The van der Waals surface area contributed by atoms with Crippen LogP contribution in [0.1, 0.15) is 40.3 Å². The molecule has 0 fully saturated rings. The number of para-hydroxylation sites is 1. The number of nitrogens with zero attached hydrogens (tertiary/aromatic N) is 1. The highest BCUT2D eigenvalue weighted by Gasteiger charge is 2.21. The van der Waals surface area contributed by atoms with E-state index in [2.05, 4.69) is 16.7 Å². The molecule has 30 heavy (non-hydrogen) atoms. The number of anilines is 2. The van der Waals surface area contributed by atoms with Gasteiger partial charge in [0.2, 0.25) is 0 Å². The highest BCUT2D eigenvalue weighted by atomic mass is 16.3. The van der Waals surface area contributed by atoms with Crippen LogP contribution in [0.15, 0.2) is 65.1 Å². The molecule has 1 aliphatic heterocycles. The minimum atomic E-state index is -0.191. The Bertz CT molecular complexity index is 1040. The van der Waals surface area contributed by atoms with Gasteiger partial charge in [0.25, 0.3) is 5.91 Å². The Labute approximate surface area is 175 Å². The standard InChI is InChI=1S/C24H25N3O3/c1-17-9-14-21(30-17)16-25-23(28)19-10-12-20(13-11-19)26-24(29)27-15-5-4-7-18-6-2-3-8-22(18)27/h2-3,6,8-14H,4-5,7,15-16H2,1H3,(H,25,28)(H,26,29). The zero-order chi connectivity index (χ0) is 20.9. The van der Waals surface area contributed by atoms with Crippen LogP contribution in [0.3, 0.4) is 0 Å². The van der Waals surface area contributed by atoms with Crippen LogP contribution in [0, 0.1) is 6.92 Å². The fraction of sp³-hybridized carbons (Fsp3) is 0.250. The average molecular weight is 403 g/mol. The number of furan rings is 1. The second-order valence-electron chi connectivity index (χ2n) is 7.44. The number of benzene rings is 2. The molecule has 0 bridgehead atoms. The number of urea groups is 1. The summed E-state index contributed by atoms with van der Waals surface area (Å²) in [5.74, 6) is 1.33. The van der Waals surface area contributed by atoms with Crippen molar-refractivity contribution in [2.45, 2.75) is 32.7 Å². The van der Waals surface area contributed by atoms with E-state index in [0.29, 0.717) is 30.1 Å². The molecule has 1 aliphatic rings. The monoisotopic (exact) mass is 403 g/mol. The zero-order valence-electron chi connectivity index (χ0n) is 17.0. The molecule has 6 heteroatoms. The third-order valence-corrected chi connectivity index (χ3v) is 5.22. The molecule has 0 radical (unpaired) electrons. The van der Waals surface area contributed by atoms with Crippen molar-refractivity contribution in [3.63, 3.8) is 0 Å². The minimum absolute atomic E-state index is 0.158. The molecule has 0 saturated heterocycles. The van der Waals surface area contributed by atoms with Gasteiger partial charge in [-0.1, -0.05) is 18.2 Å². The average Bonchev–Trinajstić information content (AvgIpc) is 3.05. The fourth-order valence-corrected chi connectivity index (χ4v) is 3.65. The Balaban J connectivity index is 1.38. The molecule has 0 saturated carbocycles. The molecular weight excluding hydrogens is 378 g/mol. The van der Waals surface area contributed by atoms with Crippen molar-refractivity contribution in [3.05, 3.63) is 83.3 Å². The van der Waals surface area contributed by atoms with E-state index >= 15 is 0 Å².